The molecule has 116 valence electrons. The van der Waals surface area contributed by atoms with Crippen LogP contribution < -0.4 is 0 Å². The number of ether oxygens (including phenoxy) is 1. The zero-order valence-electron chi connectivity index (χ0n) is 13.1. The van der Waals surface area contributed by atoms with Crippen LogP contribution in [0.3, 0.4) is 0 Å². The molecule has 6 nitrogen and oxygen atoms in total. The molecule has 0 radical (unpaired) electrons. The Morgan fingerprint density at radius 2 is 1.90 bits per heavy atom. The monoisotopic (exact) mass is 286 g/mol. The van der Waals surface area contributed by atoms with Crippen molar-refractivity contribution in [2.24, 2.45) is 0 Å². The van der Waals surface area contributed by atoms with Crippen molar-refractivity contribution in [1.29, 1.82) is 0 Å². The van der Waals surface area contributed by atoms with Crippen molar-refractivity contribution >= 4 is 12.0 Å². The Kier molecular flexibility index (Phi) is 5.02. The molecule has 0 aliphatic carbocycles. The van der Waals surface area contributed by atoms with E-state index in [1.165, 1.54) is 10.0 Å². The number of hydrogen-bond acceptors (Lipinski definition) is 4. The highest BCUT2D eigenvalue weighted by atomic mass is 16.6. The molecule has 1 aliphatic heterocycles. The zero-order valence-corrected chi connectivity index (χ0v) is 13.1. The van der Waals surface area contributed by atoms with E-state index in [-0.39, 0.29) is 5.91 Å². The summed E-state index contributed by atoms with van der Waals surface area (Å²) in [7, 11) is 0. The van der Waals surface area contributed by atoms with Crippen LogP contribution in [0.4, 0.5) is 4.79 Å². The number of hydrogen-bond donors (Lipinski definition) is 1. The van der Waals surface area contributed by atoms with Crippen molar-refractivity contribution < 1.29 is 19.4 Å². The molecule has 0 atom stereocenters. The van der Waals surface area contributed by atoms with Gasteiger partial charge in [-0.1, -0.05) is 0 Å². The summed E-state index contributed by atoms with van der Waals surface area (Å²) in [6.07, 6.45) is 0.946. The van der Waals surface area contributed by atoms with E-state index in [2.05, 4.69) is 0 Å². The highest BCUT2D eigenvalue weighted by Crippen LogP contribution is 2.19. The summed E-state index contributed by atoms with van der Waals surface area (Å²) < 4.78 is 5.32. The molecule has 0 bridgehead atoms. The van der Waals surface area contributed by atoms with Crippen molar-refractivity contribution in [3.8, 4) is 0 Å². The van der Waals surface area contributed by atoms with E-state index >= 15 is 0 Å². The first kappa shape index (κ1) is 16.8. The maximum Gasteiger partial charge on any atom is 0.429 e. The molecule has 2 amide bonds. The molecule has 0 spiro atoms. The molecule has 0 aromatic rings. The Morgan fingerprint density at radius 3 is 2.40 bits per heavy atom. The van der Waals surface area contributed by atoms with E-state index in [4.69, 9.17) is 4.74 Å². The molecule has 0 unspecified atom stereocenters. The fourth-order valence-electron chi connectivity index (χ4n) is 1.89. The van der Waals surface area contributed by atoms with Gasteiger partial charge in [-0.25, -0.2) is 14.8 Å². The number of carbonyl (C=O) groups excluding carboxylic acids is 2. The second-order valence-electron chi connectivity index (χ2n) is 6.79. The number of nitrogens with zero attached hydrogens (tertiary/aromatic N) is 2. The summed E-state index contributed by atoms with van der Waals surface area (Å²) in [4.78, 5) is 24.1. The molecular formula is C14H26N2O4. The van der Waals surface area contributed by atoms with Crippen LogP contribution in [-0.2, 0) is 9.53 Å². The Balaban J connectivity index is 2.74. The number of carbonyl (C=O) groups is 2. The molecule has 1 N–H and O–H groups in total. The summed E-state index contributed by atoms with van der Waals surface area (Å²) in [5, 5.41) is 12.5. The third-order valence-corrected chi connectivity index (χ3v) is 2.88. The lowest BCUT2D eigenvalue weighted by Gasteiger charge is -2.39. The average Bonchev–Trinajstić information content (AvgIpc) is 2.23. The topological polar surface area (TPSA) is 70.1 Å². The molecule has 1 heterocycles. The molecule has 20 heavy (non-hydrogen) atoms. The minimum absolute atomic E-state index is 0.105. The SMILES string of the molecule is CC(C)(O)CCN1C(=O)CCCN1C(=O)OC(C)(C)C. The van der Waals surface area contributed by atoms with Crippen molar-refractivity contribution in [3.63, 3.8) is 0 Å². The van der Waals surface area contributed by atoms with Crippen LogP contribution in [0, 0.1) is 0 Å². The fourth-order valence-corrected chi connectivity index (χ4v) is 1.89. The van der Waals surface area contributed by atoms with Crippen LogP contribution in [0.1, 0.15) is 53.9 Å². The van der Waals surface area contributed by atoms with Gasteiger partial charge in [0.15, 0.2) is 0 Å². The Morgan fingerprint density at radius 1 is 1.30 bits per heavy atom. The van der Waals surface area contributed by atoms with E-state index < -0.39 is 17.3 Å². The normalized spacial score (nSPS) is 17.4. The average molecular weight is 286 g/mol. The molecular weight excluding hydrogens is 260 g/mol. The molecule has 6 heteroatoms. The molecule has 0 aromatic carbocycles. The lowest BCUT2D eigenvalue weighted by molar-refractivity contribution is -0.155. The van der Waals surface area contributed by atoms with Gasteiger partial charge in [-0.05, 0) is 47.5 Å². The zero-order chi connectivity index (χ0) is 15.6. The second-order valence-corrected chi connectivity index (χ2v) is 6.79. The predicted molar refractivity (Wildman–Crippen MR) is 74.8 cm³/mol. The van der Waals surface area contributed by atoms with Gasteiger partial charge in [0, 0.05) is 19.5 Å². The summed E-state index contributed by atoms with van der Waals surface area (Å²) in [6, 6.07) is 0. The van der Waals surface area contributed by atoms with Crippen LogP contribution in [0.15, 0.2) is 0 Å². The Labute approximate surface area is 120 Å². The van der Waals surface area contributed by atoms with Crippen molar-refractivity contribution in [3.05, 3.63) is 0 Å². The van der Waals surface area contributed by atoms with Gasteiger partial charge in [0.05, 0.1) is 5.60 Å². The summed E-state index contributed by atoms with van der Waals surface area (Å²) >= 11 is 0. The number of hydrazine groups is 1. The minimum Gasteiger partial charge on any atom is -0.442 e. The van der Waals surface area contributed by atoms with E-state index in [9.17, 15) is 14.7 Å². The van der Waals surface area contributed by atoms with Gasteiger partial charge < -0.3 is 9.84 Å². The summed E-state index contributed by atoms with van der Waals surface area (Å²) in [5.41, 5.74) is -1.48. The Hall–Kier alpha value is -1.30. The van der Waals surface area contributed by atoms with Crippen LogP contribution >= 0.6 is 0 Å². The van der Waals surface area contributed by atoms with Crippen LogP contribution in [0.25, 0.3) is 0 Å². The number of amides is 2. The van der Waals surface area contributed by atoms with Gasteiger partial charge in [0.2, 0.25) is 5.91 Å². The largest absolute Gasteiger partial charge is 0.442 e. The molecule has 1 rings (SSSR count). The van der Waals surface area contributed by atoms with Gasteiger partial charge >= 0.3 is 6.09 Å². The van der Waals surface area contributed by atoms with Crippen LogP contribution in [-0.4, -0.2) is 51.4 Å². The Bertz CT molecular complexity index is 368. The van der Waals surface area contributed by atoms with E-state index in [0.717, 1.165) is 0 Å². The third-order valence-electron chi connectivity index (χ3n) is 2.88. The standard InChI is InChI=1S/C14H26N2O4/c1-13(2,3)20-12(18)16-9-6-7-11(17)15(16)10-8-14(4,5)19/h19H,6-10H2,1-5H3. The molecule has 0 aromatic heterocycles. The van der Waals surface area contributed by atoms with Crippen molar-refractivity contribution in [2.75, 3.05) is 13.1 Å². The minimum atomic E-state index is -0.878. The quantitative estimate of drug-likeness (QED) is 0.860. The molecule has 1 aliphatic rings. The maximum absolute atomic E-state index is 12.1. The fraction of sp³-hybridized carbons (Fsp3) is 0.857. The number of aliphatic hydroxyl groups is 1. The maximum atomic E-state index is 12.1. The third kappa shape index (κ3) is 5.36. The molecule has 1 fully saturated rings. The van der Waals surface area contributed by atoms with Gasteiger partial charge in [-0.15, -0.1) is 0 Å². The van der Waals surface area contributed by atoms with Gasteiger partial charge in [-0.2, -0.15) is 0 Å². The van der Waals surface area contributed by atoms with E-state index in [0.29, 0.717) is 32.4 Å². The highest BCUT2D eigenvalue weighted by molar-refractivity contribution is 5.80. The van der Waals surface area contributed by atoms with Gasteiger partial charge in [-0.3, -0.25) is 4.79 Å². The van der Waals surface area contributed by atoms with E-state index in [1.807, 2.05) is 0 Å². The summed E-state index contributed by atoms with van der Waals surface area (Å²) in [6.45, 7) is 9.50. The second kappa shape index (κ2) is 5.99. The van der Waals surface area contributed by atoms with Crippen molar-refractivity contribution in [2.45, 2.75) is 65.1 Å². The first-order chi connectivity index (χ1) is 8.99. The smallest absolute Gasteiger partial charge is 0.429 e. The van der Waals surface area contributed by atoms with Crippen LogP contribution in [0.2, 0.25) is 0 Å². The highest BCUT2D eigenvalue weighted by Gasteiger charge is 2.33. The van der Waals surface area contributed by atoms with E-state index in [1.54, 1.807) is 34.6 Å². The molecule has 0 saturated carbocycles. The van der Waals surface area contributed by atoms with Crippen LogP contribution in [0.5, 0.6) is 0 Å². The number of rotatable bonds is 3. The molecule has 1 saturated heterocycles. The lowest BCUT2D eigenvalue weighted by Crippen LogP contribution is -2.55. The van der Waals surface area contributed by atoms with Gasteiger partial charge in [0.1, 0.15) is 5.60 Å². The first-order valence-corrected chi connectivity index (χ1v) is 7.03. The summed E-state index contributed by atoms with van der Waals surface area (Å²) in [5.74, 6) is -0.105. The predicted octanol–water partition coefficient (Wildman–Crippen LogP) is 1.92. The first-order valence-electron chi connectivity index (χ1n) is 7.03. The van der Waals surface area contributed by atoms with Gasteiger partial charge in [0.25, 0.3) is 0 Å². The van der Waals surface area contributed by atoms with Crippen molar-refractivity contribution in [1.82, 2.24) is 10.0 Å². The lowest BCUT2D eigenvalue weighted by atomic mass is 10.1.